The quantitative estimate of drug-likeness (QED) is 0.888. The molecule has 0 amide bonds. The van der Waals surface area contributed by atoms with E-state index in [4.69, 9.17) is 0 Å². The predicted octanol–water partition coefficient (Wildman–Crippen LogP) is 2.68. The average molecular weight is 235 g/mol. The molecule has 0 spiro atoms. The van der Waals surface area contributed by atoms with Crippen molar-refractivity contribution < 1.29 is 8.78 Å². The van der Waals surface area contributed by atoms with E-state index in [9.17, 15) is 8.78 Å². The van der Waals surface area contributed by atoms with Gasteiger partial charge in [-0.15, -0.1) is 0 Å². The van der Waals surface area contributed by atoms with E-state index in [0.717, 1.165) is 17.8 Å². The van der Waals surface area contributed by atoms with E-state index in [0.29, 0.717) is 17.9 Å². The van der Waals surface area contributed by atoms with Crippen LogP contribution in [0.2, 0.25) is 0 Å². The number of benzene rings is 1. The molecule has 0 saturated carbocycles. The summed E-state index contributed by atoms with van der Waals surface area (Å²) in [4.78, 5) is 7.96. The monoisotopic (exact) mass is 235 g/mol. The molecule has 0 aliphatic heterocycles. The van der Waals surface area contributed by atoms with Crippen molar-refractivity contribution in [2.75, 3.05) is 5.32 Å². The zero-order chi connectivity index (χ0) is 12.3. The lowest BCUT2D eigenvalue weighted by Gasteiger charge is -2.06. The fourth-order valence-corrected chi connectivity index (χ4v) is 1.39. The van der Waals surface area contributed by atoms with Crippen molar-refractivity contribution in [3.8, 4) is 0 Å². The Morgan fingerprint density at radius 2 is 1.94 bits per heavy atom. The normalized spacial score (nSPS) is 10.3. The van der Waals surface area contributed by atoms with Gasteiger partial charge in [-0.05, 0) is 24.6 Å². The van der Waals surface area contributed by atoms with Crippen LogP contribution >= 0.6 is 0 Å². The molecule has 0 radical (unpaired) electrons. The van der Waals surface area contributed by atoms with Crippen molar-refractivity contribution in [2.24, 2.45) is 0 Å². The summed E-state index contributed by atoms with van der Waals surface area (Å²) in [6.07, 6.45) is 1.45. The molecule has 0 aliphatic carbocycles. The third-order valence-corrected chi connectivity index (χ3v) is 2.26. The minimum Gasteiger partial charge on any atom is -0.366 e. The van der Waals surface area contributed by atoms with E-state index in [-0.39, 0.29) is 0 Å². The third-order valence-electron chi connectivity index (χ3n) is 2.26. The topological polar surface area (TPSA) is 37.8 Å². The van der Waals surface area contributed by atoms with Crippen molar-refractivity contribution in [3.05, 3.63) is 53.5 Å². The third kappa shape index (κ3) is 2.96. The molecule has 5 heteroatoms. The van der Waals surface area contributed by atoms with Crippen LogP contribution in [-0.2, 0) is 6.54 Å². The molecule has 0 atom stereocenters. The van der Waals surface area contributed by atoms with E-state index in [2.05, 4.69) is 15.3 Å². The SMILES string of the molecule is Cc1cc(NCc2ccc(F)c(F)c2)ncn1. The molecule has 1 heterocycles. The molecule has 2 rings (SSSR count). The molecule has 17 heavy (non-hydrogen) atoms. The zero-order valence-electron chi connectivity index (χ0n) is 9.24. The number of aromatic nitrogens is 2. The highest BCUT2D eigenvalue weighted by Crippen LogP contribution is 2.10. The Morgan fingerprint density at radius 3 is 2.65 bits per heavy atom. The summed E-state index contributed by atoms with van der Waals surface area (Å²) in [5.41, 5.74) is 1.49. The number of nitrogens with zero attached hydrogens (tertiary/aromatic N) is 2. The van der Waals surface area contributed by atoms with E-state index in [1.165, 1.54) is 12.4 Å². The fraction of sp³-hybridized carbons (Fsp3) is 0.167. The number of halogens is 2. The van der Waals surface area contributed by atoms with E-state index in [1.807, 2.05) is 6.92 Å². The van der Waals surface area contributed by atoms with Crippen molar-refractivity contribution >= 4 is 5.82 Å². The van der Waals surface area contributed by atoms with Gasteiger partial charge in [-0.3, -0.25) is 0 Å². The van der Waals surface area contributed by atoms with Gasteiger partial charge in [0.05, 0.1) is 0 Å². The molecule has 3 nitrogen and oxygen atoms in total. The van der Waals surface area contributed by atoms with Gasteiger partial charge in [0.25, 0.3) is 0 Å². The summed E-state index contributed by atoms with van der Waals surface area (Å²) in [5.74, 6) is -1.03. The number of rotatable bonds is 3. The highest BCUT2D eigenvalue weighted by molar-refractivity contribution is 5.35. The van der Waals surface area contributed by atoms with Gasteiger partial charge in [0, 0.05) is 18.3 Å². The summed E-state index contributed by atoms with van der Waals surface area (Å²) >= 11 is 0. The summed E-state index contributed by atoms with van der Waals surface area (Å²) in [6, 6.07) is 5.58. The Balaban J connectivity index is 2.05. The molecule has 1 aromatic carbocycles. The maximum Gasteiger partial charge on any atom is 0.159 e. The van der Waals surface area contributed by atoms with Gasteiger partial charge in [-0.25, -0.2) is 18.7 Å². The van der Waals surface area contributed by atoms with Crippen molar-refractivity contribution in [3.63, 3.8) is 0 Å². The van der Waals surface area contributed by atoms with Gasteiger partial charge in [0.15, 0.2) is 11.6 Å². The van der Waals surface area contributed by atoms with Crippen LogP contribution in [0.25, 0.3) is 0 Å². The summed E-state index contributed by atoms with van der Waals surface area (Å²) < 4.78 is 25.6. The van der Waals surface area contributed by atoms with E-state index in [1.54, 1.807) is 6.07 Å². The second-order valence-corrected chi connectivity index (χ2v) is 3.65. The molecule has 0 bridgehead atoms. The first-order chi connectivity index (χ1) is 8.15. The maximum absolute atomic E-state index is 12.9. The largest absolute Gasteiger partial charge is 0.366 e. The Bertz CT molecular complexity index is 529. The summed E-state index contributed by atoms with van der Waals surface area (Å²) in [6.45, 7) is 2.23. The Kier molecular flexibility index (Phi) is 3.27. The smallest absolute Gasteiger partial charge is 0.159 e. The first-order valence-electron chi connectivity index (χ1n) is 5.11. The van der Waals surface area contributed by atoms with Gasteiger partial charge >= 0.3 is 0 Å². The molecule has 0 unspecified atom stereocenters. The van der Waals surface area contributed by atoms with Crippen LogP contribution in [0, 0.1) is 18.6 Å². The molecule has 1 aromatic heterocycles. The molecule has 0 aliphatic rings. The van der Waals surface area contributed by atoms with Gasteiger partial charge in [-0.2, -0.15) is 0 Å². The van der Waals surface area contributed by atoms with Gasteiger partial charge in [-0.1, -0.05) is 6.07 Å². The molecular formula is C12H11F2N3. The Labute approximate surface area is 97.5 Å². The molecule has 0 fully saturated rings. The van der Waals surface area contributed by atoms with Crippen LogP contribution in [0.3, 0.4) is 0 Å². The standard InChI is InChI=1S/C12H11F2N3/c1-8-4-12(17-7-16-8)15-6-9-2-3-10(13)11(14)5-9/h2-5,7H,6H2,1H3,(H,15,16,17). The lowest BCUT2D eigenvalue weighted by Crippen LogP contribution is -2.02. The second-order valence-electron chi connectivity index (χ2n) is 3.65. The number of hydrogen-bond donors (Lipinski definition) is 1. The van der Waals surface area contributed by atoms with Crippen LogP contribution in [0.5, 0.6) is 0 Å². The van der Waals surface area contributed by atoms with Crippen LogP contribution in [-0.4, -0.2) is 9.97 Å². The molecular weight excluding hydrogens is 224 g/mol. The predicted molar refractivity (Wildman–Crippen MR) is 60.5 cm³/mol. The minimum absolute atomic E-state index is 0.383. The number of hydrogen-bond acceptors (Lipinski definition) is 3. The number of nitrogens with one attached hydrogen (secondary N) is 1. The maximum atomic E-state index is 12.9. The zero-order valence-corrected chi connectivity index (χ0v) is 9.24. The number of aryl methyl sites for hydroxylation is 1. The summed E-state index contributed by atoms with van der Waals surface area (Å²) in [5, 5.41) is 3.01. The lowest BCUT2D eigenvalue weighted by atomic mass is 10.2. The lowest BCUT2D eigenvalue weighted by molar-refractivity contribution is 0.507. The first-order valence-corrected chi connectivity index (χ1v) is 5.11. The van der Waals surface area contributed by atoms with Gasteiger partial charge in [0.2, 0.25) is 0 Å². The van der Waals surface area contributed by atoms with Gasteiger partial charge < -0.3 is 5.32 Å². The van der Waals surface area contributed by atoms with Crippen LogP contribution in [0.15, 0.2) is 30.6 Å². The molecule has 0 saturated heterocycles. The highest BCUT2D eigenvalue weighted by atomic mass is 19.2. The Morgan fingerprint density at radius 1 is 1.12 bits per heavy atom. The van der Waals surface area contributed by atoms with Gasteiger partial charge in [0.1, 0.15) is 12.1 Å². The van der Waals surface area contributed by atoms with Crippen molar-refractivity contribution in [1.82, 2.24) is 9.97 Å². The molecule has 88 valence electrons. The Hall–Kier alpha value is -2.04. The van der Waals surface area contributed by atoms with Crippen LogP contribution < -0.4 is 5.32 Å². The minimum atomic E-state index is -0.844. The molecule has 2 aromatic rings. The van der Waals surface area contributed by atoms with Crippen LogP contribution in [0.4, 0.5) is 14.6 Å². The van der Waals surface area contributed by atoms with E-state index >= 15 is 0 Å². The average Bonchev–Trinajstić information content (AvgIpc) is 2.31. The van der Waals surface area contributed by atoms with Crippen molar-refractivity contribution in [1.29, 1.82) is 0 Å². The fourth-order valence-electron chi connectivity index (χ4n) is 1.39. The summed E-state index contributed by atoms with van der Waals surface area (Å²) in [7, 11) is 0. The highest BCUT2D eigenvalue weighted by Gasteiger charge is 2.02. The first kappa shape index (κ1) is 11.4. The number of anilines is 1. The molecule has 1 N–H and O–H groups in total. The van der Waals surface area contributed by atoms with Crippen LogP contribution in [0.1, 0.15) is 11.3 Å². The second kappa shape index (κ2) is 4.86. The van der Waals surface area contributed by atoms with Crippen molar-refractivity contribution in [2.45, 2.75) is 13.5 Å². The van der Waals surface area contributed by atoms with E-state index < -0.39 is 11.6 Å².